The molecule has 0 radical (unpaired) electrons. The zero-order chi connectivity index (χ0) is 20.3. The second-order valence-corrected chi connectivity index (χ2v) is 7.84. The number of piperidine rings is 1. The molecule has 1 atom stereocenters. The Morgan fingerprint density at radius 2 is 1.71 bits per heavy atom. The van der Waals surface area contributed by atoms with E-state index in [1.165, 1.54) is 12.1 Å². The molecular weight excluding hydrogens is 435 g/mol. The summed E-state index contributed by atoms with van der Waals surface area (Å²) < 4.78 is 38.8. The quantitative estimate of drug-likeness (QED) is 0.606. The molecule has 0 N–H and O–H groups in total. The number of anilines is 1. The molecule has 28 heavy (non-hydrogen) atoms. The number of hydrogen-bond donors (Lipinski definition) is 0. The van der Waals surface area contributed by atoms with E-state index in [0.717, 1.165) is 28.7 Å². The molecule has 0 aromatic heterocycles. The van der Waals surface area contributed by atoms with Crippen LogP contribution in [0.3, 0.4) is 0 Å². The van der Waals surface area contributed by atoms with Gasteiger partial charge >= 0.3 is 6.18 Å². The monoisotopic (exact) mass is 453 g/mol. The lowest BCUT2D eigenvalue weighted by Crippen LogP contribution is -2.42. The van der Waals surface area contributed by atoms with Gasteiger partial charge in [-0.3, -0.25) is 9.59 Å². The standard InChI is InChI=1S/C21H19BrF3NO2/c22-17-7-9-18(10-8-17)26-11-1-2-15(20(26)28)13-19(27)12-14-3-5-16(6-4-14)21(23,24)25/h3-10,15H,1-2,11-13H2/t15-/m0/s1. The lowest BCUT2D eigenvalue weighted by Gasteiger charge is -2.32. The Bertz CT molecular complexity index is 847. The van der Waals surface area contributed by atoms with E-state index in [1.54, 1.807) is 4.90 Å². The molecule has 3 rings (SSSR count). The summed E-state index contributed by atoms with van der Waals surface area (Å²) in [6, 6.07) is 12.0. The third-order valence-corrected chi connectivity index (χ3v) is 5.37. The molecular formula is C21H19BrF3NO2. The second-order valence-electron chi connectivity index (χ2n) is 6.92. The Morgan fingerprint density at radius 1 is 1.07 bits per heavy atom. The molecule has 2 aromatic rings. The molecule has 1 aliphatic rings. The maximum absolute atomic E-state index is 12.8. The maximum atomic E-state index is 12.8. The summed E-state index contributed by atoms with van der Waals surface area (Å²) in [5.41, 5.74) is 0.579. The van der Waals surface area contributed by atoms with Gasteiger partial charge in [-0.15, -0.1) is 0 Å². The molecule has 1 heterocycles. The second kappa shape index (κ2) is 8.47. The highest BCUT2D eigenvalue weighted by Gasteiger charge is 2.32. The van der Waals surface area contributed by atoms with Gasteiger partial charge < -0.3 is 4.90 Å². The molecule has 1 amide bonds. The van der Waals surface area contributed by atoms with E-state index in [-0.39, 0.29) is 30.4 Å². The van der Waals surface area contributed by atoms with Crippen LogP contribution < -0.4 is 4.90 Å². The van der Waals surface area contributed by atoms with E-state index in [1.807, 2.05) is 24.3 Å². The van der Waals surface area contributed by atoms with E-state index in [9.17, 15) is 22.8 Å². The fourth-order valence-corrected chi connectivity index (χ4v) is 3.67. The molecule has 3 nitrogen and oxygen atoms in total. The number of Topliss-reactive ketones (excluding diaryl/α,β-unsaturated/α-hetero) is 1. The van der Waals surface area contributed by atoms with Crippen LogP contribution in [0.2, 0.25) is 0 Å². The first-order valence-corrected chi connectivity index (χ1v) is 9.78. The van der Waals surface area contributed by atoms with Crippen molar-refractivity contribution in [3.05, 3.63) is 64.1 Å². The number of carbonyl (C=O) groups excluding carboxylic acids is 2. The van der Waals surface area contributed by atoms with Crippen LogP contribution in [0.25, 0.3) is 0 Å². The van der Waals surface area contributed by atoms with Gasteiger partial charge in [-0.2, -0.15) is 13.2 Å². The Labute approximate surface area is 169 Å². The van der Waals surface area contributed by atoms with Crippen LogP contribution in [0.5, 0.6) is 0 Å². The van der Waals surface area contributed by atoms with Crippen molar-refractivity contribution in [3.8, 4) is 0 Å². The predicted octanol–water partition coefficient (Wildman–Crippen LogP) is 5.41. The van der Waals surface area contributed by atoms with E-state index in [2.05, 4.69) is 15.9 Å². The number of amides is 1. The summed E-state index contributed by atoms with van der Waals surface area (Å²) in [7, 11) is 0. The van der Waals surface area contributed by atoms with Crippen LogP contribution in [-0.2, 0) is 22.2 Å². The minimum absolute atomic E-state index is 0.0280. The summed E-state index contributed by atoms with van der Waals surface area (Å²) in [4.78, 5) is 26.9. The number of carbonyl (C=O) groups is 2. The molecule has 0 saturated carbocycles. The Balaban J connectivity index is 1.61. The topological polar surface area (TPSA) is 37.4 Å². The van der Waals surface area contributed by atoms with Crippen molar-refractivity contribution in [1.82, 2.24) is 0 Å². The normalized spacial score (nSPS) is 17.6. The SMILES string of the molecule is O=C(Cc1ccc(C(F)(F)F)cc1)C[C@@H]1CCCN(c2ccc(Br)cc2)C1=O. The molecule has 148 valence electrons. The zero-order valence-corrected chi connectivity index (χ0v) is 16.6. The molecule has 0 bridgehead atoms. The highest BCUT2D eigenvalue weighted by Crippen LogP contribution is 2.30. The van der Waals surface area contributed by atoms with Gasteiger partial charge in [0.15, 0.2) is 0 Å². The number of rotatable bonds is 5. The summed E-state index contributed by atoms with van der Waals surface area (Å²) >= 11 is 3.37. The van der Waals surface area contributed by atoms with Crippen molar-refractivity contribution in [2.75, 3.05) is 11.4 Å². The summed E-state index contributed by atoms with van der Waals surface area (Å²) in [6.07, 6.45) is -2.81. The average molecular weight is 454 g/mol. The number of alkyl halides is 3. The van der Waals surface area contributed by atoms with Crippen molar-refractivity contribution in [3.63, 3.8) is 0 Å². The lowest BCUT2D eigenvalue weighted by atomic mass is 9.90. The molecule has 0 aliphatic carbocycles. The number of benzene rings is 2. The molecule has 0 unspecified atom stereocenters. The van der Waals surface area contributed by atoms with Gasteiger partial charge in [0.2, 0.25) is 5.91 Å². The predicted molar refractivity (Wildman–Crippen MR) is 104 cm³/mol. The third-order valence-electron chi connectivity index (χ3n) is 4.84. The zero-order valence-electron chi connectivity index (χ0n) is 15.0. The highest BCUT2D eigenvalue weighted by molar-refractivity contribution is 9.10. The Kier molecular flexibility index (Phi) is 6.23. The van der Waals surface area contributed by atoms with Crippen LogP contribution >= 0.6 is 15.9 Å². The average Bonchev–Trinajstić information content (AvgIpc) is 2.64. The molecule has 1 saturated heterocycles. The van der Waals surface area contributed by atoms with Crippen LogP contribution in [0, 0.1) is 5.92 Å². The fourth-order valence-electron chi connectivity index (χ4n) is 3.40. The van der Waals surface area contributed by atoms with Crippen molar-refractivity contribution < 1.29 is 22.8 Å². The number of halogens is 4. The smallest absolute Gasteiger partial charge is 0.312 e. The van der Waals surface area contributed by atoms with E-state index in [4.69, 9.17) is 0 Å². The number of ketones is 1. The molecule has 1 fully saturated rings. The summed E-state index contributed by atoms with van der Waals surface area (Å²) in [6.45, 7) is 0.615. The van der Waals surface area contributed by atoms with Crippen molar-refractivity contribution >= 4 is 33.3 Å². The largest absolute Gasteiger partial charge is 0.416 e. The molecule has 2 aromatic carbocycles. The van der Waals surface area contributed by atoms with Crippen molar-refractivity contribution in [2.45, 2.75) is 31.9 Å². The van der Waals surface area contributed by atoms with Gasteiger partial charge in [-0.05, 0) is 54.8 Å². The van der Waals surface area contributed by atoms with Gasteiger partial charge in [0, 0.05) is 35.5 Å². The van der Waals surface area contributed by atoms with Gasteiger partial charge in [-0.25, -0.2) is 0 Å². The Morgan fingerprint density at radius 3 is 2.32 bits per heavy atom. The van der Waals surface area contributed by atoms with E-state index >= 15 is 0 Å². The first kappa shape index (κ1) is 20.6. The first-order chi connectivity index (χ1) is 13.2. The minimum atomic E-state index is -4.40. The maximum Gasteiger partial charge on any atom is 0.416 e. The molecule has 0 spiro atoms. The van der Waals surface area contributed by atoms with Crippen LogP contribution in [0.15, 0.2) is 53.0 Å². The van der Waals surface area contributed by atoms with Crippen LogP contribution in [0.1, 0.15) is 30.4 Å². The van der Waals surface area contributed by atoms with Crippen LogP contribution in [-0.4, -0.2) is 18.2 Å². The fraction of sp³-hybridized carbons (Fsp3) is 0.333. The van der Waals surface area contributed by atoms with Gasteiger partial charge in [0.05, 0.1) is 5.56 Å². The van der Waals surface area contributed by atoms with Gasteiger partial charge in [0.25, 0.3) is 0 Å². The van der Waals surface area contributed by atoms with Gasteiger partial charge in [0.1, 0.15) is 5.78 Å². The Hall–Kier alpha value is -2.15. The van der Waals surface area contributed by atoms with Gasteiger partial charge in [-0.1, -0.05) is 28.1 Å². The minimum Gasteiger partial charge on any atom is -0.312 e. The number of hydrogen-bond acceptors (Lipinski definition) is 2. The summed E-state index contributed by atoms with van der Waals surface area (Å²) in [5.74, 6) is -0.607. The van der Waals surface area contributed by atoms with Crippen molar-refractivity contribution in [1.29, 1.82) is 0 Å². The summed E-state index contributed by atoms with van der Waals surface area (Å²) in [5, 5.41) is 0. The van der Waals surface area contributed by atoms with Crippen LogP contribution in [0.4, 0.5) is 18.9 Å². The van der Waals surface area contributed by atoms with E-state index < -0.39 is 11.7 Å². The van der Waals surface area contributed by atoms with Crippen molar-refractivity contribution in [2.24, 2.45) is 5.92 Å². The number of nitrogens with zero attached hydrogens (tertiary/aromatic N) is 1. The molecule has 1 aliphatic heterocycles. The highest BCUT2D eigenvalue weighted by atomic mass is 79.9. The molecule has 7 heteroatoms. The van der Waals surface area contributed by atoms with E-state index in [0.29, 0.717) is 18.5 Å². The first-order valence-electron chi connectivity index (χ1n) is 8.99. The lowest BCUT2D eigenvalue weighted by molar-refractivity contribution is -0.137. The third kappa shape index (κ3) is 5.01.